The Kier molecular flexibility index (Phi) is 6.50. The lowest BCUT2D eigenvalue weighted by atomic mass is 10.2. The predicted molar refractivity (Wildman–Crippen MR) is 121 cm³/mol. The van der Waals surface area contributed by atoms with E-state index in [1.165, 1.54) is 12.1 Å². The van der Waals surface area contributed by atoms with Gasteiger partial charge in [0.15, 0.2) is 0 Å². The van der Waals surface area contributed by atoms with Crippen LogP contribution in [0.5, 0.6) is 11.5 Å². The van der Waals surface area contributed by atoms with E-state index in [0.717, 1.165) is 31.9 Å². The van der Waals surface area contributed by atoms with Crippen LogP contribution in [0.2, 0.25) is 0 Å². The quantitative estimate of drug-likeness (QED) is 0.575. The number of halogens is 1. The van der Waals surface area contributed by atoms with Gasteiger partial charge in [-0.3, -0.25) is 4.90 Å². The molecule has 168 valence electrons. The second-order valence-corrected chi connectivity index (χ2v) is 7.36. The Morgan fingerprint density at radius 1 is 0.969 bits per heavy atom. The van der Waals surface area contributed by atoms with Crippen molar-refractivity contribution < 1.29 is 13.9 Å². The lowest BCUT2D eigenvalue weighted by Crippen LogP contribution is -2.46. The number of aromatic nitrogens is 3. The minimum Gasteiger partial charge on any atom is -0.497 e. The van der Waals surface area contributed by atoms with E-state index in [1.54, 1.807) is 20.3 Å². The normalized spacial score (nSPS) is 14.3. The molecule has 1 aliphatic heterocycles. The first kappa shape index (κ1) is 21.6. The number of benzene rings is 2. The zero-order valence-electron chi connectivity index (χ0n) is 18.1. The van der Waals surface area contributed by atoms with Crippen molar-refractivity contribution in [2.24, 2.45) is 0 Å². The van der Waals surface area contributed by atoms with Crippen LogP contribution in [0.4, 0.5) is 27.7 Å². The molecule has 32 heavy (non-hydrogen) atoms. The van der Waals surface area contributed by atoms with Crippen LogP contribution >= 0.6 is 0 Å². The molecule has 0 saturated carbocycles. The monoisotopic (exact) mass is 439 g/mol. The van der Waals surface area contributed by atoms with Crippen LogP contribution in [0.3, 0.4) is 0 Å². The predicted octanol–water partition coefficient (Wildman–Crippen LogP) is 2.68. The summed E-state index contributed by atoms with van der Waals surface area (Å²) in [6.07, 6.45) is 0. The smallest absolute Gasteiger partial charge is 0.232 e. The molecule has 0 bridgehead atoms. The summed E-state index contributed by atoms with van der Waals surface area (Å²) in [6.45, 7) is 3.88. The fraction of sp³-hybridized carbons (Fsp3) is 0.318. The van der Waals surface area contributed by atoms with Crippen molar-refractivity contribution >= 4 is 23.3 Å². The Morgan fingerprint density at radius 2 is 1.72 bits per heavy atom. The molecule has 10 heteroatoms. The van der Waals surface area contributed by atoms with E-state index in [0.29, 0.717) is 35.5 Å². The third-order valence-corrected chi connectivity index (χ3v) is 5.28. The van der Waals surface area contributed by atoms with E-state index in [-0.39, 0.29) is 11.8 Å². The fourth-order valence-corrected chi connectivity index (χ4v) is 3.60. The van der Waals surface area contributed by atoms with Gasteiger partial charge in [-0.25, -0.2) is 4.39 Å². The summed E-state index contributed by atoms with van der Waals surface area (Å²) < 4.78 is 23.8. The minimum atomic E-state index is -0.225. The molecule has 1 aromatic heterocycles. The molecule has 0 spiro atoms. The second kappa shape index (κ2) is 9.65. The van der Waals surface area contributed by atoms with Crippen molar-refractivity contribution in [2.75, 3.05) is 56.3 Å². The summed E-state index contributed by atoms with van der Waals surface area (Å²) >= 11 is 0. The van der Waals surface area contributed by atoms with Gasteiger partial charge in [0, 0.05) is 37.9 Å². The van der Waals surface area contributed by atoms with E-state index in [4.69, 9.17) is 15.2 Å². The largest absolute Gasteiger partial charge is 0.497 e. The number of rotatable bonds is 7. The zero-order valence-corrected chi connectivity index (χ0v) is 18.1. The first-order chi connectivity index (χ1) is 15.5. The molecule has 1 saturated heterocycles. The maximum Gasteiger partial charge on any atom is 0.232 e. The standard InChI is InChI=1S/C22H26FN7O2/c1-31-17-7-8-18(19(13-17)32-2)25-22-27-20(26-21(24)28-22)14-29-9-11-30(12-10-29)16-5-3-15(23)4-6-16/h3-8,13H,9-12,14H2,1-2H3,(H3,24,25,26,27,28). The first-order valence-corrected chi connectivity index (χ1v) is 10.3. The average Bonchev–Trinajstić information content (AvgIpc) is 2.80. The Balaban J connectivity index is 1.41. The van der Waals surface area contributed by atoms with Gasteiger partial charge in [0.25, 0.3) is 0 Å². The van der Waals surface area contributed by atoms with Gasteiger partial charge in [-0.1, -0.05) is 0 Å². The van der Waals surface area contributed by atoms with Crippen molar-refractivity contribution in [1.82, 2.24) is 19.9 Å². The first-order valence-electron chi connectivity index (χ1n) is 10.3. The minimum absolute atomic E-state index is 0.148. The highest BCUT2D eigenvalue weighted by Gasteiger charge is 2.19. The Hall–Kier alpha value is -3.66. The number of methoxy groups -OCH3 is 2. The average molecular weight is 439 g/mol. The summed E-state index contributed by atoms with van der Waals surface area (Å²) in [6, 6.07) is 12.0. The van der Waals surface area contributed by atoms with E-state index < -0.39 is 0 Å². The molecule has 1 aliphatic rings. The van der Waals surface area contributed by atoms with Crippen molar-refractivity contribution in [3.63, 3.8) is 0 Å². The van der Waals surface area contributed by atoms with Gasteiger partial charge in [-0.2, -0.15) is 15.0 Å². The third-order valence-electron chi connectivity index (χ3n) is 5.28. The molecule has 0 amide bonds. The van der Waals surface area contributed by atoms with Gasteiger partial charge in [0.1, 0.15) is 23.1 Å². The fourth-order valence-electron chi connectivity index (χ4n) is 3.60. The van der Waals surface area contributed by atoms with Gasteiger partial charge in [0.05, 0.1) is 26.5 Å². The second-order valence-electron chi connectivity index (χ2n) is 7.36. The van der Waals surface area contributed by atoms with Crippen molar-refractivity contribution in [1.29, 1.82) is 0 Å². The highest BCUT2D eigenvalue weighted by Crippen LogP contribution is 2.30. The van der Waals surface area contributed by atoms with E-state index in [2.05, 4.69) is 30.1 Å². The van der Waals surface area contributed by atoms with E-state index in [9.17, 15) is 4.39 Å². The van der Waals surface area contributed by atoms with Crippen molar-refractivity contribution in [2.45, 2.75) is 6.54 Å². The van der Waals surface area contributed by atoms with Crippen LogP contribution in [-0.4, -0.2) is 60.3 Å². The van der Waals surface area contributed by atoms with Gasteiger partial charge in [0.2, 0.25) is 11.9 Å². The van der Waals surface area contributed by atoms with Crippen LogP contribution in [0.15, 0.2) is 42.5 Å². The molecule has 2 aromatic carbocycles. The number of hydrogen-bond acceptors (Lipinski definition) is 9. The van der Waals surface area contributed by atoms with Gasteiger partial charge in [-0.05, 0) is 36.4 Å². The molecule has 0 unspecified atom stereocenters. The third kappa shape index (κ3) is 5.14. The molecular formula is C22H26FN7O2. The number of hydrogen-bond donors (Lipinski definition) is 2. The van der Waals surface area contributed by atoms with E-state index >= 15 is 0 Å². The molecule has 4 rings (SSSR count). The van der Waals surface area contributed by atoms with Crippen molar-refractivity contribution in [3.05, 3.63) is 54.1 Å². The molecule has 3 aromatic rings. The Bertz CT molecular complexity index is 1060. The number of anilines is 4. The molecule has 1 fully saturated rings. The van der Waals surface area contributed by atoms with E-state index in [1.807, 2.05) is 24.3 Å². The molecule has 0 aliphatic carbocycles. The number of nitrogens with one attached hydrogen (secondary N) is 1. The number of ether oxygens (including phenoxy) is 2. The molecule has 0 radical (unpaired) electrons. The van der Waals surface area contributed by atoms with Gasteiger partial charge >= 0.3 is 0 Å². The highest BCUT2D eigenvalue weighted by atomic mass is 19.1. The Morgan fingerprint density at radius 3 is 2.41 bits per heavy atom. The summed E-state index contributed by atoms with van der Waals surface area (Å²) in [4.78, 5) is 17.5. The number of piperazine rings is 1. The Labute approximate surface area is 186 Å². The number of nitrogen functional groups attached to an aromatic ring is 1. The summed E-state index contributed by atoms with van der Waals surface area (Å²) in [5, 5.41) is 3.15. The SMILES string of the molecule is COc1ccc(Nc2nc(N)nc(CN3CCN(c4ccc(F)cc4)CC3)n2)c(OC)c1. The van der Waals surface area contributed by atoms with Gasteiger partial charge < -0.3 is 25.4 Å². The van der Waals surface area contributed by atoms with Crippen molar-refractivity contribution in [3.8, 4) is 11.5 Å². The summed E-state index contributed by atoms with van der Waals surface area (Å²) in [5.41, 5.74) is 7.65. The summed E-state index contributed by atoms with van der Waals surface area (Å²) in [7, 11) is 3.18. The lowest BCUT2D eigenvalue weighted by Gasteiger charge is -2.35. The van der Waals surface area contributed by atoms with Crippen LogP contribution in [0, 0.1) is 5.82 Å². The molecular weight excluding hydrogens is 413 g/mol. The maximum absolute atomic E-state index is 13.2. The van der Waals surface area contributed by atoms with Crippen LogP contribution in [-0.2, 0) is 6.54 Å². The molecule has 3 N–H and O–H groups in total. The van der Waals surface area contributed by atoms with Crippen LogP contribution < -0.4 is 25.4 Å². The molecule has 0 atom stereocenters. The van der Waals surface area contributed by atoms with Crippen LogP contribution in [0.25, 0.3) is 0 Å². The number of nitrogens with two attached hydrogens (primary N) is 1. The molecule has 2 heterocycles. The topological polar surface area (TPSA) is 102 Å². The lowest BCUT2D eigenvalue weighted by molar-refractivity contribution is 0.244. The summed E-state index contributed by atoms with van der Waals surface area (Å²) in [5.74, 6) is 2.14. The molecule has 9 nitrogen and oxygen atoms in total. The maximum atomic E-state index is 13.2. The number of nitrogens with zero attached hydrogens (tertiary/aromatic N) is 5. The highest BCUT2D eigenvalue weighted by molar-refractivity contribution is 5.64. The van der Waals surface area contributed by atoms with Gasteiger partial charge in [-0.15, -0.1) is 0 Å². The van der Waals surface area contributed by atoms with Crippen LogP contribution in [0.1, 0.15) is 5.82 Å². The zero-order chi connectivity index (χ0) is 22.5.